The summed E-state index contributed by atoms with van der Waals surface area (Å²) < 4.78 is 0. The van der Waals surface area contributed by atoms with Crippen molar-refractivity contribution in [2.45, 2.75) is 38.0 Å². The normalized spacial score (nSPS) is 14.7. The number of unbranched alkanes of at least 4 members (excludes halogenated alkanes) is 2. The van der Waals surface area contributed by atoms with Gasteiger partial charge in [-0.25, -0.2) is 9.97 Å². The van der Waals surface area contributed by atoms with E-state index in [0.717, 1.165) is 18.2 Å². The highest BCUT2D eigenvalue weighted by Crippen LogP contribution is 2.38. The van der Waals surface area contributed by atoms with Gasteiger partial charge in [-0.15, -0.1) is 0 Å². The minimum absolute atomic E-state index is 0.552. The minimum atomic E-state index is 0.552. The van der Waals surface area contributed by atoms with Crippen molar-refractivity contribution < 1.29 is 0 Å². The van der Waals surface area contributed by atoms with Gasteiger partial charge in [0.2, 0.25) is 0 Å². The highest BCUT2D eigenvalue weighted by atomic mass is 32.2. The molecule has 0 atom stereocenters. The van der Waals surface area contributed by atoms with Crippen LogP contribution in [0.5, 0.6) is 0 Å². The summed E-state index contributed by atoms with van der Waals surface area (Å²) in [5.74, 6) is 4.19. The molecule has 100 valence electrons. The fraction of sp³-hybridized carbons (Fsp3) is 0.692. The summed E-state index contributed by atoms with van der Waals surface area (Å²) in [6.07, 6.45) is 8.31. The fourth-order valence-electron chi connectivity index (χ4n) is 1.86. The van der Waals surface area contributed by atoms with Crippen molar-refractivity contribution in [3.8, 4) is 0 Å². The van der Waals surface area contributed by atoms with Crippen molar-refractivity contribution in [1.82, 2.24) is 9.97 Å². The molecule has 0 unspecified atom stereocenters. The van der Waals surface area contributed by atoms with Crippen LogP contribution in [0.15, 0.2) is 6.07 Å². The molecule has 1 fully saturated rings. The maximum Gasteiger partial charge on any atom is 0.136 e. The van der Waals surface area contributed by atoms with Gasteiger partial charge in [0.15, 0.2) is 0 Å². The molecule has 5 heteroatoms. The predicted octanol–water partition coefficient (Wildman–Crippen LogP) is 2.88. The van der Waals surface area contributed by atoms with E-state index in [2.05, 4.69) is 21.5 Å². The minimum Gasteiger partial charge on any atom is -0.384 e. The molecule has 0 aliphatic heterocycles. The first kappa shape index (κ1) is 13.5. The van der Waals surface area contributed by atoms with Crippen molar-refractivity contribution in [3.63, 3.8) is 0 Å². The van der Waals surface area contributed by atoms with Gasteiger partial charge in [-0.05, 0) is 37.7 Å². The first-order valence-electron chi connectivity index (χ1n) is 6.67. The van der Waals surface area contributed by atoms with E-state index in [0.29, 0.717) is 11.7 Å². The lowest BCUT2D eigenvalue weighted by atomic mass is 10.2. The Morgan fingerprint density at radius 2 is 2.17 bits per heavy atom. The second-order valence-corrected chi connectivity index (χ2v) is 5.78. The third kappa shape index (κ3) is 4.37. The number of nitrogens with zero attached hydrogens (tertiary/aromatic N) is 2. The van der Waals surface area contributed by atoms with Crippen molar-refractivity contribution >= 4 is 23.4 Å². The standard InChI is InChI=1S/C13H22N4S/c1-18-8-4-2-3-7-15-12-9-11(14)16-13(17-12)10-5-6-10/h9-10H,2-8H2,1H3,(H3,14,15,16,17). The van der Waals surface area contributed by atoms with Crippen LogP contribution in [0.25, 0.3) is 0 Å². The van der Waals surface area contributed by atoms with E-state index in [-0.39, 0.29) is 0 Å². The molecule has 1 saturated carbocycles. The molecule has 4 nitrogen and oxygen atoms in total. The summed E-state index contributed by atoms with van der Waals surface area (Å²) in [5, 5.41) is 3.35. The van der Waals surface area contributed by atoms with E-state index in [1.54, 1.807) is 0 Å². The van der Waals surface area contributed by atoms with Gasteiger partial charge in [0.05, 0.1) is 0 Å². The zero-order valence-corrected chi connectivity index (χ0v) is 11.8. The Morgan fingerprint density at radius 3 is 2.89 bits per heavy atom. The summed E-state index contributed by atoms with van der Waals surface area (Å²) in [6, 6.07) is 1.83. The van der Waals surface area contributed by atoms with Crippen LogP contribution >= 0.6 is 11.8 Å². The summed E-state index contributed by atoms with van der Waals surface area (Å²) in [4.78, 5) is 8.81. The van der Waals surface area contributed by atoms with E-state index in [4.69, 9.17) is 5.73 Å². The van der Waals surface area contributed by atoms with Crippen molar-refractivity contribution in [1.29, 1.82) is 0 Å². The molecule has 1 aliphatic rings. The Kier molecular flexibility index (Phi) is 5.11. The number of hydrogen-bond donors (Lipinski definition) is 2. The SMILES string of the molecule is CSCCCCCNc1cc(N)nc(C2CC2)n1. The van der Waals surface area contributed by atoms with Crippen LogP contribution in [0.1, 0.15) is 43.8 Å². The lowest BCUT2D eigenvalue weighted by molar-refractivity contribution is 0.747. The molecule has 0 spiro atoms. The third-order valence-electron chi connectivity index (χ3n) is 3.04. The Hall–Kier alpha value is -0.970. The lowest BCUT2D eigenvalue weighted by Crippen LogP contribution is -2.07. The van der Waals surface area contributed by atoms with Crippen LogP contribution in [-0.2, 0) is 0 Å². The molecule has 1 aromatic heterocycles. The second kappa shape index (κ2) is 6.83. The molecule has 3 N–H and O–H groups in total. The molecule has 18 heavy (non-hydrogen) atoms. The predicted molar refractivity (Wildman–Crippen MR) is 79.1 cm³/mol. The quantitative estimate of drug-likeness (QED) is 0.708. The zero-order valence-electron chi connectivity index (χ0n) is 11.0. The summed E-state index contributed by atoms with van der Waals surface area (Å²) >= 11 is 1.91. The number of aromatic nitrogens is 2. The highest BCUT2D eigenvalue weighted by Gasteiger charge is 2.27. The van der Waals surface area contributed by atoms with Gasteiger partial charge < -0.3 is 11.1 Å². The number of anilines is 2. The summed E-state index contributed by atoms with van der Waals surface area (Å²) in [5.41, 5.74) is 5.80. The van der Waals surface area contributed by atoms with E-state index in [1.807, 2.05) is 17.8 Å². The average molecular weight is 266 g/mol. The fourth-order valence-corrected chi connectivity index (χ4v) is 2.36. The number of thioether (sulfide) groups is 1. The van der Waals surface area contributed by atoms with Gasteiger partial charge in [0, 0.05) is 18.5 Å². The van der Waals surface area contributed by atoms with Crippen LogP contribution in [0.3, 0.4) is 0 Å². The number of nitrogens with one attached hydrogen (secondary N) is 1. The van der Waals surface area contributed by atoms with Gasteiger partial charge in [-0.2, -0.15) is 11.8 Å². The number of nitrogen functional groups attached to an aromatic ring is 1. The van der Waals surface area contributed by atoms with Gasteiger partial charge in [-0.1, -0.05) is 6.42 Å². The molecule has 0 amide bonds. The van der Waals surface area contributed by atoms with E-state index in [1.165, 1.54) is 37.9 Å². The summed E-state index contributed by atoms with van der Waals surface area (Å²) in [6.45, 7) is 0.967. The van der Waals surface area contributed by atoms with Crippen molar-refractivity contribution in [2.24, 2.45) is 0 Å². The number of nitrogens with two attached hydrogens (primary N) is 1. The highest BCUT2D eigenvalue weighted by molar-refractivity contribution is 7.98. The lowest BCUT2D eigenvalue weighted by Gasteiger charge is -2.07. The average Bonchev–Trinajstić information content (AvgIpc) is 3.17. The van der Waals surface area contributed by atoms with Gasteiger partial charge in [-0.3, -0.25) is 0 Å². The van der Waals surface area contributed by atoms with Gasteiger partial charge in [0.25, 0.3) is 0 Å². The van der Waals surface area contributed by atoms with Crippen molar-refractivity contribution in [2.75, 3.05) is 29.6 Å². The Labute approximate surface area is 113 Å². The molecule has 0 aromatic carbocycles. The number of rotatable bonds is 8. The maximum atomic E-state index is 5.80. The molecule has 0 radical (unpaired) electrons. The molecule has 2 rings (SSSR count). The molecular formula is C13H22N4S. The third-order valence-corrected chi connectivity index (χ3v) is 3.73. The van der Waals surface area contributed by atoms with Crippen LogP contribution in [0.2, 0.25) is 0 Å². The molecule has 1 aliphatic carbocycles. The van der Waals surface area contributed by atoms with Crippen LogP contribution in [0.4, 0.5) is 11.6 Å². The molecular weight excluding hydrogens is 244 g/mol. The molecule has 1 aromatic rings. The Bertz CT molecular complexity index is 379. The van der Waals surface area contributed by atoms with Crippen LogP contribution in [-0.4, -0.2) is 28.5 Å². The van der Waals surface area contributed by atoms with Gasteiger partial charge >= 0.3 is 0 Å². The smallest absolute Gasteiger partial charge is 0.136 e. The van der Waals surface area contributed by atoms with Crippen molar-refractivity contribution in [3.05, 3.63) is 11.9 Å². The largest absolute Gasteiger partial charge is 0.384 e. The Balaban J connectivity index is 1.74. The molecule has 0 bridgehead atoms. The first-order chi connectivity index (χ1) is 8.79. The van der Waals surface area contributed by atoms with E-state index < -0.39 is 0 Å². The van der Waals surface area contributed by atoms with Gasteiger partial charge in [0.1, 0.15) is 17.5 Å². The topological polar surface area (TPSA) is 63.8 Å². The van der Waals surface area contributed by atoms with E-state index in [9.17, 15) is 0 Å². The Morgan fingerprint density at radius 1 is 1.33 bits per heavy atom. The molecule has 1 heterocycles. The molecule has 0 saturated heterocycles. The van der Waals surface area contributed by atoms with Crippen LogP contribution < -0.4 is 11.1 Å². The number of hydrogen-bond acceptors (Lipinski definition) is 5. The second-order valence-electron chi connectivity index (χ2n) is 4.79. The summed E-state index contributed by atoms with van der Waals surface area (Å²) in [7, 11) is 0. The first-order valence-corrected chi connectivity index (χ1v) is 8.06. The van der Waals surface area contributed by atoms with Crippen LogP contribution in [0, 0.1) is 0 Å². The van der Waals surface area contributed by atoms with E-state index >= 15 is 0 Å². The zero-order chi connectivity index (χ0) is 12.8. The maximum absolute atomic E-state index is 5.80. The monoisotopic (exact) mass is 266 g/mol.